The molecule has 0 unspecified atom stereocenters. The van der Waals surface area contributed by atoms with Crippen LogP contribution in [0.4, 0.5) is 4.39 Å². The zero-order valence-electron chi connectivity index (χ0n) is 7.79. The van der Waals surface area contributed by atoms with Crippen LogP contribution < -0.4 is 5.73 Å². The summed E-state index contributed by atoms with van der Waals surface area (Å²) >= 11 is 0. The van der Waals surface area contributed by atoms with Gasteiger partial charge in [0.05, 0.1) is 12.1 Å². The molecule has 0 fully saturated rings. The lowest BCUT2D eigenvalue weighted by Gasteiger charge is -2.15. The Labute approximate surface area is 77.2 Å². The summed E-state index contributed by atoms with van der Waals surface area (Å²) in [5.74, 6) is -0.353. The van der Waals surface area contributed by atoms with E-state index >= 15 is 0 Å². The largest absolute Gasteiger partial charge is 0.391 e. The third-order valence-corrected chi connectivity index (χ3v) is 2.03. The molecule has 2 nitrogen and oxygen atoms in total. The fourth-order valence-corrected chi connectivity index (χ4v) is 1.16. The van der Waals surface area contributed by atoms with E-state index in [1.54, 1.807) is 26.0 Å². The minimum atomic E-state index is -0.739. The van der Waals surface area contributed by atoms with Crippen molar-refractivity contribution < 1.29 is 9.50 Å². The van der Waals surface area contributed by atoms with Crippen LogP contribution >= 0.6 is 0 Å². The van der Waals surface area contributed by atoms with E-state index in [0.29, 0.717) is 5.56 Å². The van der Waals surface area contributed by atoms with E-state index in [1.165, 1.54) is 6.07 Å². The Morgan fingerprint density at radius 2 is 2.08 bits per heavy atom. The number of benzene rings is 1. The fourth-order valence-electron chi connectivity index (χ4n) is 1.16. The van der Waals surface area contributed by atoms with Gasteiger partial charge in [-0.3, -0.25) is 0 Å². The summed E-state index contributed by atoms with van der Waals surface area (Å²) in [5.41, 5.74) is 6.81. The van der Waals surface area contributed by atoms with Crippen LogP contribution in [0.2, 0.25) is 0 Å². The first-order chi connectivity index (χ1) is 6.02. The van der Waals surface area contributed by atoms with Crippen LogP contribution in [0.5, 0.6) is 0 Å². The van der Waals surface area contributed by atoms with Gasteiger partial charge >= 0.3 is 0 Å². The number of aliphatic hydroxyl groups excluding tert-OH is 1. The minimum Gasteiger partial charge on any atom is -0.391 e. The first-order valence-electron chi connectivity index (χ1n) is 4.22. The maximum atomic E-state index is 13.3. The van der Waals surface area contributed by atoms with E-state index in [-0.39, 0.29) is 5.82 Å². The number of nitrogens with two attached hydrogens (primary N) is 1. The molecule has 0 bridgehead atoms. The average molecular weight is 183 g/mol. The molecule has 3 N–H and O–H groups in total. The number of hydrogen-bond acceptors (Lipinski definition) is 2. The maximum absolute atomic E-state index is 13.3. The molecule has 0 aliphatic carbocycles. The molecule has 0 amide bonds. The number of halogens is 1. The highest BCUT2D eigenvalue weighted by molar-refractivity contribution is 5.26. The van der Waals surface area contributed by atoms with Crippen molar-refractivity contribution in [2.24, 2.45) is 5.73 Å². The van der Waals surface area contributed by atoms with Gasteiger partial charge in [0.15, 0.2) is 0 Å². The predicted octanol–water partition coefficient (Wildman–Crippen LogP) is 1.51. The lowest BCUT2D eigenvalue weighted by molar-refractivity contribution is 0.162. The summed E-state index contributed by atoms with van der Waals surface area (Å²) in [5, 5.41) is 9.18. The summed E-state index contributed by atoms with van der Waals surface area (Å²) in [6.45, 7) is 3.35. The summed E-state index contributed by atoms with van der Waals surface area (Å²) in [7, 11) is 0. The van der Waals surface area contributed by atoms with E-state index in [2.05, 4.69) is 0 Å². The van der Waals surface area contributed by atoms with Crippen molar-refractivity contribution in [2.75, 3.05) is 0 Å². The number of aryl methyl sites for hydroxylation is 1. The van der Waals surface area contributed by atoms with E-state index in [0.717, 1.165) is 5.56 Å². The summed E-state index contributed by atoms with van der Waals surface area (Å²) < 4.78 is 13.3. The van der Waals surface area contributed by atoms with Gasteiger partial charge in [-0.25, -0.2) is 4.39 Å². The molecule has 0 saturated heterocycles. The monoisotopic (exact) mass is 183 g/mol. The SMILES string of the molecule is Cc1ccc([C@@H](N)[C@@H](C)O)c(F)c1. The van der Waals surface area contributed by atoms with Crippen molar-refractivity contribution in [3.05, 3.63) is 35.1 Å². The highest BCUT2D eigenvalue weighted by Crippen LogP contribution is 2.18. The van der Waals surface area contributed by atoms with Gasteiger partial charge in [0, 0.05) is 5.56 Å². The molecule has 1 aromatic carbocycles. The summed E-state index contributed by atoms with van der Waals surface area (Å²) in [4.78, 5) is 0. The van der Waals surface area contributed by atoms with Crippen molar-refractivity contribution in [3.63, 3.8) is 0 Å². The Kier molecular flexibility index (Phi) is 3.01. The Balaban J connectivity index is 3.01. The zero-order chi connectivity index (χ0) is 10.0. The van der Waals surface area contributed by atoms with Gasteiger partial charge in [0.25, 0.3) is 0 Å². The summed E-state index contributed by atoms with van der Waals surface area (Å²) in [6.07, 6.45) is -0.739. The van der Waals surface area contributed by atoms with E-state index in [4.69, 9.17) is 5.73 Å². The third kappa shape index (κ3) is 2.26. The van der Waals surface area contributed by atoms with Crippen molar-refractivity contribution in [3.8, 4) is 0 Å². The second-order valence-corrected chi connectivity index (χ2v) is 3.29. The average Bonchev–Trinajstić information content (AvgIpc) is 2.03. The number of hydrogen-bond donors (Lipinski definition) is 2. The summed E-state index contributed by atoms with van der Waals surface area (Å²) in [6, 6.07) is 4.15. The van der Waals surface area contributed by atoms with Crippen LogP contribution in [0.25, 0.3) is 0 Å². The van der Waals surface area contributed by atoms with E-state index in [9.17, 15) is 9.50 Å². The molecule has 2 atom stereocenters. The first kappa shape index (κ1) is 10.2. The van der Waals surface area contributed by atoms with Crippen molar-refractivity contribution in [1.29, 1.82) is 0 Å². The molecular formula is C10H14FNO. The molecule has 3 heteroatoms. The van der Waals surface area contributed by atoms with Crippen LogP contribution in [0.3, 0.4) is 0 Å². The molecule has 0 aromatic heterocycles. The van der Waals surface area contributed by atoms with E-state index in [1.807, 2.05) is 0 Å². The molecule has 0 saturated carbocycles. The number of aliphatic hydroxyl groups is 1. The van der Waals surface area contributed by atoms with Crippen LogP contribution in [-0.2, 0) is 0 Å². The molecule has 0 radical (unpaired) electrons. The Morgan fingerprint density at radius 1 is 1.46 bits per heavy atom. The van der Waals surface area contributed by atoms with Gasteiger partial charge < -0.3 is 10.8 Å². The molecule has 0 aliphatic rings. The van der Waals surface area contributed by atoms with Gasteiger partial charge in [-0.2, -0.15) is 0 Å². The molecule has 72 valence electrons. The van der Waals surface area contributed by atoms with Crippen LogP contribution in [0.1, 0.15) is 24.1 Å². The first-order valence-corrected chi connectivity index (χ1v) is 4.22. The molecule has 0 spiro atoms. The van der Waals surface area contributed by atoms with Crippen molar-refractivity contribution in [1.82, 2.24) is 0 Å². The Bertz CT molecular complexity index is 299. The minimum absolute atomic E-state index is 0.353. The second-order valence-electron chi connectivity index (χ2n) is 3.29. The Hall–Kier alpha value is -0.930. The standard InChI is InChI=1S/C10H14FNO/c1-6-3-4-8(9(11)5-6)10(12)7(2)13/h3-5,7,10,13H,12H2,1-2H3/t7-,10+/m1/s1. The highest BCUT2D eigenvalue weighted by atomic mass is 19.1. The molecule has 13 heavy (non-hydrogen) atoms. The second kappa shape index (κ2) is 3.85. The topological polar surface area (TPSA) is 46.2 Å². The van der Waals surface area contributed by atoms with E-state index < -0.39 is 12.1 Å². The van der Waals surface area contributed by atoms with Crippen molar-refractivity contribution >= 4 is 0 Å². The van der Waals surface area contributed by atoms with Crippen LogP contribution in [-0.4, -0.2) is 11.2 Å². The molecule has 0 heterocycles. The van der Waals surface area contributed by atoms with Gasteiger partial charge in [0.1, 0.15) is 5.82 Å². The lowest BCUT2D eigenvalue weighted by Crippen LogP contribution is -2.24. The van der Waals surface area contributed by atoms with Crippen molar-refractivity contribution in [2.45, 2.75) is 26.0 Å². The predicted molar refractivity (Wildman–Crippen MR) is 49.7 cm³/mol. The molecular weight excluding hydrogens is 169 g/mol. The van der Waals surface area contributed by atoms with Gasteiger partial charge in [-0.15, -0.1) is 0 Å². The fraction of sp³-hybridized carbons (Fsp3) is 0.400. The molecule has 1 aromatic rings. The van der Waals surface area contributed by atoms with Gasteiger partial charge in [-0.1, -0.05) is 12.1 Å². The zero-order valence-corrected chi connectivity index (χ0v) is 7.79. The normalized spacial score (nSPS) is 15.5. The van der Waals surface area contributed by atoms with Gasteiger partial charge in [-0.05, 0) is 25.5 Å². The van der Waals surface area contributed by atoms with Crippen LogP contribution in [0.15, 0.2) is 18.2 Å². The smallest absolute Gasteiger partial charge is 0.128 e. The molecule has 0 aliphatic heterocycles. The quantitative estimate of drug-likeness (QED) is 0.730. The lowest BCUT2D eigenvalue weighted by atomic mass is 10.0. The number of rotatable bonds is 2. The maximum Gasteiger partial charge on any atom is 0.128 e. The van der Waals surface area contributed by atoms with Crippen LogP contribution in [0, 0.1) is 12.7 Å². The highest BCUT2D eigenvalue weighted by Gasteiger charge is 2.15. The Morgan fingerprint density at radius 3 is 2.54 bits per heavy atom. The third-order valence-electron chi connectivity index (χ3n) is 2.03. The van der Waals surface area contributed by atoms with Gasteiger partial charge in [0.2, 0.25) is 0 Å². The molecule has 1 rings (SSSR count).